The van der Waals surface area contributed by atoms with Gasteiger partial charge in [-0.3, -0.25) is 4.79 Å². The maximum Gasteiger partial charge on any atom is 0.343 e. The Bertz CT molecular complexity index is 1490. The van der Waals surface area contributed by atoms with Crippen LogP contribution in [-0.2, 0) is 4.79 Å². The molecule has 1 atom stereocenters. The van der Waals surface area contributed by atoms with E-state index in [2.05, 4.69) is 10.5 Å². The van der Waals surface area contributed by atoms with E-state index in [1.165, 1.54) is 31.5 Å². The third kappa shape index (κ3) is 7.37. The molecule has 4 rings (SSSR count). The van der Waals surface area contributed by atoms with E-state index in [4.69, 9.17) is 37.4 Å². The van der Waals surface area contributed by atoms with Gasteiger partial charge in [0.2, 0.25) is 0 Å². The van der Waals surface area contributed by atoms with Gasteiger partial charge in [-0.1, -0.05) is 65.7 Å². The maximum absolute atomic E-state index is 12.5. The van der Waals surface area contributed by atoms with E-state index in [0.717, 1.165) is 11.1 Å². The first-order valence-electron chi connectivity index (χ1n) is 11.8. The summed E-state index contributed by atoms with van der Waals surface area (Å²) >= 11 is 11.9. The predicted octanol–water partition coefficient (Wildman–Crippen LogP) is 6.81. The lowest BCUT2D eigenvalue weighted by Crippen LogP contribution is -2.33. The van der Waals surface area contributed by atoms with Crippen molar-refractivity contribution in [1.82, 2.24) is 5.43 Å². The number of hydrogen-bond donors (Lipinski definition) is 1. The molecule has 0 unspecified atom stereocenters. The third-order valence-corrected chi connectivity index (χ3v) is 6.32. The Morgan fingerprint density at radius 1 is 0.846 bits per heavy atom. The maximum atomic E-state index is 12.5. The Hall–Kier alpha value is -4.33. The van der Waals surface area contributed by atoms with E-state index in [1.54, 1.807) is 25.1 Å². The Morgan fingerprint density at radius 2 is 1.56 bits per heavy atom. The molecule has 0 aliphatic heterocycles. The SMILES string of the molecule is COc1cc(/C=N\NC(=O)[C@H](C)Oc2ccc(-c3ccccc3)cc2)ccc1OC(=O)c1ccc(Cl)c(Cl)c1. The number of benzene rings is 4. The van der Waals surface area contributed by atoms with E-state index < -0.39 is 18.0 Å². The van der Waals surface area contributed by atoms with Crippen LogP contribution in [-0.4, -0.2) is 31.3 Å². The Kier molecular flexibility index (Phi) is 9.20. The molecule has 0 aliphatic rings. The van der Waals surface area contributed by atoms with Crippen molar-refractivity contribution < 1.29 is 23.8 Å². The van der Waals surface area contributed by atoms with Crippen LogP contribution in [0.5, 0.6) is 17.2 Å². The number of hydrogen-bond acceptors (Lipinski definition) is 6. The van der Waals surface area contributed by atoms with Crippen LogP contribution in [0.15, 0.2) is 96.1 Å². The highest BCUT2D eigenvalue weighted by atomic mass is 35.5. The standard InChI is InChI=1S/C30H24Cl2N2O5/c1-19(38-24-12-9-22(10-13-24)21-6-4-3-5-7-21)29(35)34-33-18-20-8-15-27(28(16-20)37-2)39-30(36)23-11-14-25(31)26(32)17-23/h3-19H,1-2H3,(H,34,35)/b33-18-/t19-/m0/s1. The highest BCUT2D eigenvalue weighted by Crippen LogP contribution is 2.29. The van der Waals surface area contributed by atoms with Gasteiger partial charge in [0.1, 0.15) is 5.75 Å². The normalized spacial score (nSPS) is 11.6. The Labute approximate surface area is 235 Å². The van der Waals surface area contributed by atoms with Crippen LogP contribution < -0.4 is 19.6 Å². The van der Waals surface area contributed by atoms with E-state index in [-0.39, 0.29) is 16.3 Å². The second-order valence-corrected chi connectivity index (χ2v) is 9.13. The summed E-state index contributed by atoms with van der Waals surface area (Å²) in [7, 11) is 1.44. The second kappa shape index (κ2) is 13.0. The predicted molar refractivity (Wildman–Crippen MR) is 152 cm³/mol. The lowest BCUT2D eigenvalue weighted by atomic mass is 10.1. The summed E-state index contributed by atoms with van der Waals surface area (Å²) in [6, 6.07) is 26.8. The topological polar surface area (TPSA) is 86.2 Å². The van der Waals surface area contributed by atoms with Gasteiger partial charge >= 0.3 is 5.97 Å². The molecule has 1 N–H and O–H groups in total. The van der Waals surface area contributed by atoms with E-state index >= 15 is 0 Å². The summed E-state index contributed by atoms with van der Waals surface area (Å²) in [5, 5.41) is 4.57. The molecule has 198 valence electrons. The van der Waals surface area contributed by atoms with Crippen molar-refractivity contribution in [3.05, 3.63) is 112 Å². The molecule has 0 saturated carbocycles. The van der Waals surface area contributed by atoms with Crippen LogP contribution in [0.4, 0.5) is 0 Å². The van der Waals surface area contributed by atoms with Crippen LogP contribution in [0.1, 0.15) is 22.8 Å². The zero-order valence-corrected chi connectivity index (χ0v) is 22.6. The summed E-state index contributed by atoms with van der Waals surface area (Å²) in [5.74, 6) is 0.0308. The van der Waals surface area contributed by atoms with Crippen molar-refractivity contribution in [1.29, 1.82) is 0 Å². The lowest BCUT2D eigenvalue weighted by Gasteiger charge is -2.13. The van der Waals surface area contributed by atoms with Gasteiger partial charge in [-0.05, 0) is 72.1 Å². The number of nitrogens with zero attached hydrogens (tertiary/aromatic N) is 1. The molecule has 0 heterocycles. The number of carbonyl (C=O) groups is 2. The fourth-order valence-electron chi connectivity index (χ4n) is 3.51. The van der Waals surface area contributed by atoms with Gasteiger partial charge in [-0.25, -0.2) is 10.2 Å². The summed E-state index contributed by atoms with van der Waals surface area (Å²) in [6.45, 7) is 1.63. The van der Waals surface area contributed by atoms with Gasteiger partial charge in [0, 0.05) is 0 Å². The first kappa shape index (κ1) is 27.7. The number of ether oxygens (including phenoxy) is 3. The zero-order chi connectivity index (χ0) is 27.8. The second-order valence-electron chi connectivity index (χ2n) is 8.31. The van der Waals surface area contributed by atoms with E-state index in [9.17, 15) is 9.59 Å². The fourth-order valence-corrected chi connectivity index (χ4v) is 3.80. The number of amides is 1. The van der Waals surface area contributed by atoms with Crippen LogP contribution in [0.3, 0.4) is 0 Å². The van der Waals surface area contributed by atoms with Crippen molar-refractivity contribution in [3.8, 4) is 28.4 Å². The van der Waals surface area contributed by atoms with Gasteiger partial charge in [0.05, 0.1) is 28.9 Å². The molecule has 0 spiro atoms. The molecule has 0 fully saturated rings. The minimum Gasteiger partial charge on any atom is -0.493 e. The van der Waals surface area contributed by atoms with Crippen molar-refractivity contribution >= 4 is 41.3 Å². The quantitative estimate of drug-likeness (QED) is 0.105. The molecule has 4 aromatic rings. The largest absolute Gasteiger partial charge is 0.493 e. The van der Waals surface area contributed by atoms with Crippen molar-refractivity contribution in [3.63, 3.8) is 0 Å². The van der Waals surface area contributed by atoms with Gasteiger partial charge < -0.3 is 14.2 Å². The summed E-state index contributed by atoms with van der Waals surface area (Å²) in [4.78, 5) is 24.9. The Balaban J connectivity index is 1.32. The number of rotatable bonds is 9. The molecule has 9 heteroatoms. The minimum absolute atomic E-state index is 0.204. The first-order chi connectivity index (χ1) is 18.8. The summed E-state index contributed by atoms with van der Waals surface area (Å²) in [6.07, 6.45) is 0.661. The number of hydrazone groups is 1. The molecule has 4 aromatic carbocycles. The third-order valence-electron chi connectivity index (χ3n) is 5.58. The highest BCUT2D eigenvalue weighted by Gasteiger charge is 2.16. The zero-order valence-electron chi connectivity index (χ0n) is 21.1. The van der Waals surface area contributed by atoms with Crippen LogP contribution in [0.2, 0.25) is 10.0 Å². The number of halogens is 2. The first-order valence-corrected chi connectivity index (χ1v) is 12.6. The molecule has 1 amide bonds. The molecule has 0 aliphatic carbocycles. The van der Waals surface area contributed by atoms with Gasteiger partial charge in [0.25, 0.3) is 5.91 Å². The van der Waals surface area contributed by atoms with E-state index in [1.807, 2.05) is 54.6 Å². The van der Waals surface area contributed by atoms with Gasteiger partial charge in [0.15, 0.2) is 17.6 Å². The van der Waals surface area contributed by atoms with E-state index in [0.29, 0.717) is 22.1 Å². The molecule has 0 saturated heterocycles. The molecule has 0 radical (unpaired) electrons. The molecule has 0 bridgehead atoms. The van der Waals surface area contributed by atoms with Crippen LogP contribution in [0.25, 0.3) is 11.1 Å². The molecular weight excluding hydrogens is 539 g/mol. The molecular formula is C30H24Cl2N2O5. The molecule has 7 nitrogen and oxygen atoms in total. The van der Waals surface area contributed by atoms with Crippen molar-refractivity contribution in [2.45, 2.75) is 13.0 Å². The lowest BCUT2D eigenvalue weighted by molar-refractivity contribution is -0.127. The number of carbonyl (C=O) groups excluding carboxylic acids is 2. The summed E-state index contributed by atoms with van der Waals surface area (Å²) in [5.41, 5.74) is 5.45. The minimum atomic E-state index is -0.776. The summed E-state index contributed by atoms with van der Waals surface area (Å²) < 4.78 is 16.5. The number of esters is 1. The van der Waals surface area contributed by atoms with Gasteiger partial charge in [-0.2, -0.15) is 5.10 Å². The fraction of sp³-hybridized carbons (Fsp3) is 0.100. The number of methoxy groups -OCH3 is 1. The average Bonchev–Trinajstić information content (AvgIpc) is 2.95. The average molecular weight is 563 g/mol. The van der Waals surface area contributed by atoms with Crippen LogP contribution in [0, 0.1) is 0 Å². The number of nitrogens with one attached hydrogen (secondary N) is 1. The monoisotopic (exact) mass is 562 g/mol. The van der Waals surface area contributed by atoms with Crippen molar-refractivity contribution in [2.75, 3.05) is 7.11 Å². The Morgan fingerprint density at radius 3 is 2.26 bits per heavy atom. The smallest absolute Gasteiger partial charge is 0.343 e. The van der Waals surface area contributed by atoms with Crippen LogP contribution >= 0.6 is 23.2 Å². The molecule has 39 heavy (non-hydrogen) atoms. The highest BCUT2D eigenvalue weighted by molar-refractivity contribution is 6.42. The van der Waals surface area contributed by atoms with Gasteiger partial charge in [-0.15, -0.1) is 0 Å². The van der Waals surface area contributed by atoms with Crippen molar-refractivity contribution in [2.24, 2.45) is 5.10 Å². The molecule has 0 aromatic heterocycles.